The summed E-state index contributed by atoms with van der Waals surface area (Å²) in [4.78, 5) is 4.32. The average molecular weight is 420 g/mol. The maximum Gasteiger partial charge on any atom is 0.0991 e. The van der Waals surface area contributed by atoms with Gasteiger partial charge in [-0.1, -0.05) is 60.1 Å². The molecule has 5 heteroatoms. The molecule has 0 amide bonds. The van der Waals surface area contributed by atoms with E-state index >= 15 is 0 Å². The highest BCUT2D eigenvalue weighted by molar-refractivity contribution is 6.30. The van der Waals surface area contributed by atoms with Crippen LogP contribution in [0.5, 0.6) is 0 Å². The van der Waals surface area contributed by atoms with Gasteiger partial charge in [0.1, 0.15) is 0 Å². The van der Waals surface area contributed by atoms with Gasteiger partial charge in [0, 0.05) is 29.9 Å². The normalized spacial score (nSPS) is 10.2. The molecule has 0 N–H and O–H groups in total. The smallest absolute Gasteiger partial charge is 0.0991 e. The Morgan fingerprint density at radius 2 is 1.62 bits per heavy atom. The van der Waals surface area contributed by atoms with Crippen molar-refractivity contribution in [2.75, 3.05) is 0 Å². The van der Waals surface area contributed by atoms with Crippen LogP contribution in [0.1, 0.15) is 22.4 Å². The molecule has 3 nitrogen and oxygen atoms in total. The van der Waals surface area contributed by atoms with Crippen LogP contribution in [0.15, 0.2) is 85.3 Å². The highest BCUT2D eigenvalue weighted by Crippen LogP contribution is 2.23. The van der Waals surface area contributed by atoms with Crippen molar-refractivity contribution in [1.29, 1.82) is 5.26 Å². The Balaban J connectivity index is 0.00000240. The van der Waals surface area contributed by atoms with E-state index in [4.69, 9.17) is 16.9 Å². The third-order valence-electron chi connectivity index (χ3n) is 4.73. The van der Waals surface area contributed by atoms with Gasteiger partial charge < -0.3 is 4.57 Å². The summed E-state index contributed by atoms with van der Waals surface area (Å²) in [7, 11) is 0. The Morgan fingerprint density at radius 1 is 0.897 bits per heavy atom. The molecule has 0 fully saturated rings. The van der Waals surface area contributed by atoms with Gasteiger partial charge in [-0.2, -0.15) is 5.26 Å². The second-order valence-corrected chi connectivity index (χ2v) is 7.14. The number of nitrogens with zero attached hydrogens (tertiary/aromatic N) is 3. The van der Waals surface area contributed by atoms with Crippen molar-refractivity contribution in [2.45, 2.75) is 13.0 Å². The summed E-state index contributed by atoms with van der Waals surface area (Å²) in [6, 6.07) is 26.3. The van der Waals surface area contributed by atoms with Gasteiger partial charge >= 0.3 is 0 Å². The quantitative estimate of drug-likeness (QED) is 0.389. The molecule has 0 aliphatic carbocycles. The van der Waals surface area contributed by atoms with Crippen molar-refractivity contribution >= 4 is 24.0 Å². The van der Waals surface area contributed by atoms with Crippen molar-refractivity contribution in [3.63, 3.8) is 0 Å². The highest BCUT2D eigenvalue weighted by atomic mass is 35.5. The van der Waals surface area contributed by atoms with E-state index in [0.29, 0.717) is 5.56 Å². The first-order chi connectivity index (χ1) is 13.7. The molecule has 1 heterocycles. The van der Waals surface area contributed by atoms with E-state index in [1.165, 1.54) is 5.56 Å². The summed E-state index contributed by atoms with van der Waals surface area (Å²) in [5.74, 6) is 0. The summed E-state index contributed by atoms with van der Waals surface area (Å²) in [5, 5.41) is 9.67. The van der Waals surface area contributed by atoms with Gasteiger partial charge in [-0.05, 0) is 46.5 Å². The van der Waals surface area contributed by atoms with Crippen LogP contribution in [0, 0.1) is 11.3 Å². The Morgan fingerprint density at radius 3 is 2.31 bits per heavy atom. The van der Waals surface area contributed by atoms with E-state index in [0.717, 1.165) is 40.4 Å². The Kier molecular flexibility index (Phi) is 6.72. The lowest BCUT2D eigenvalue weighted by Crippen LogP contribution is -2.04. The van der Waals surface area contributed by atoms with Crippen LogP contribution in [0.2, 0.25) is 5.02 Å². The molecular formula is C24H19Cl2N3. The van der Waals surface area contributed by atoms with Crippen molar-refractivity contribution in [3.05, 3.63) is 113 Å². The SMILES string of the molecule is Cl.N#Cc1ccc(Cc2cncn2Cc2ccc(-c3cccc(Cl)c3)cc2)cc1. The summed E-state index contributed by atoms with van der Waals surface area (Å²) in [5.41, 5.74) is 6.46. The molecular weight excluding hydrogens is 401 g/mol. The molecule has 0 bridgehead atoms. The molecule has 0 aliphatic rings. The molecule has 0 atom stereocenters. The molecule has 0 saturated carbocycles. The molecule has 29 heavy (non-hydrogen) atoms. The first-order valence-corrected chi connectivity index (χ1v) is 9.42. The Hall–Kier alpha value is -3.06. The monoisotopic (exact) mass is 419 g/mol. The van der Waals surface area contributed by atoms with Crippen LogP contribution in [-0.2, 0) is 13.0 Å². The molecule has 0 aliphatic heterocycles. The lowest BCUT2D eigenvalue weighted by atomic mass is 10.0. The fourth-order valence-electron chi connectivity index (χ4n) is 3.21. The van der Waals surface area contributed by atoms with Gasteiger partial charge in [-0.15, -0.1) is 12.4 Å². The van der Waals surface area contributed by atoms with Gasteiger partial charge in [-0.25, -0.2) is 4.98 Å². The second kappa shape index (κ2) is 9.43. The predicted octanol–water partition coefficient (Wildman–Crippen LogP) is 6.14. The minimum absolute atomic E-state index is 0. The van der Waals surface area contributed by atoms with Crippen LogP contribution in [0.25, 0.3) is 11.1 Å². The Bertz CT molecular complexity index is 1120. The number of hydrogen-bond acceptors (Lipinski definition) is 2. The van der Waals surface area contributed by atoms with E-state index in [9.17, 15) is 0 Å². The number of nitriles is 1. The largest absolute Gasteiger partial charge is 0.330 e. The van der Waals surface area contributed by atoms with Crippen LogP contribution in [0.4, 0.5) is 0 Å². The standard InChI is InChI=1S/C24H18ClN3.ClH/c25-23-3-1-2-22(13-23)21-10-8-20(9-11-21)16-28-17-27-15-24(28)12-18-4-6-19(14-26)7-5-18;/h1-11,13,15,17H,12,16H2;1H. The van der Waals surface area contributed by atoms with Gasteiger partial charge in [0.2, 0.25) is 0 Å². The zero-order chi connectivity index (χ0) is 19.3. The summed E-state index contributed by atoms with van der Waals surface area (Å²) in [6.07, 6.45) is 4.55. The van der Waals surface area contributed by atoms with E-state index in [1.807, 2.05) is 55.0 Å². The fraction of sp³-hybridized carbons (Fsp3) is 0.0833. The maximum absolute atomic E-state index is 8.93. The maximum atomic E-state index is 8.93. The molecule has 4 rings (SSSR count). The lowest BCUT2D eigenvalue weighted by molar-refractivity contribution is 0.753. The second-order valence-electron chi connectivity index (χ2n) is 6.71. The van der Waals surface area contributed by atoms with Crippen LogP contribution < -0.4 is 0 Å². The van der Waals surface area contributed by atoms with Crippen molar-refractivity contribution in [1.82, 2.24) is 9.55 Å². The van der Waals surface area contributed by atoms with Gasteiger partial charge in [0.05, 0.1) is 18.0 Å². The lowest BCUT2D eigenvalue weighted by Gasteiger charge is -2.10. The Labute approximate surface area is 181 Å². The van der Waals surface area contributed by atoms with E-state index in [2.05, 4.69) is 46.0 Å². The summed E-state index contributed by atoms with van der Waals surface area (Å²) >= 11 is 6.10. The third-order valence-corrected chi connectivity index (χ3v) is 4.97. The zero-order valence-electron chi connectivity index (χ0n) is 15.6. The van der Waals surface area contributed by atoms with Crippen molar-refractivity contribution in [2.24, 2.45) is 0 Å². The van der Waals surface area contributed by atoms with Crippen LogP contribution in [0.3, 0.4) is 0 Å². The number of rotatable bonds is 5. The first kappa shape index (κ1) is 20.7. The van der Waals surface area contributed by atoms with Gasteiger partial charge in [0.25, 0.3) is 0 Å². The molecule has 1 aromatic heterocycles. The highest BCUT2D eigenvalue weighted by Gasteiger charge is 2.06. The molecule has 0 spiro atoms. The number of halogens is 2. The number of benzene rings is 3. The van der Waals surface area contributed by atoms with Crippen molar-refractivity contribution < 1.29 is 0 Å². The number of aromatic nitrogens is 2. The van der Waals surface area contributed by atoms with E-state index in [-0.39, 0.29) is 12.4 Å². The number of imidazole rings is 1. The predicted molar refractivity (Wildman–Crippen MR) is 119 cm³/mol. The van der Waals surface area contributed by atoms with Crippen LogP contribution >= 0.6 is 24.0 Å². The fourth-order valence-corrected chi connectivity index (χ4v) is 3.40. The number of hydrogen-bond donors (Lipinski definition) is 0. The zero-order valence-corrected chi connectivity index (χ0v) is 17.2. The van der Waals surface area contributed by atoms with Gasteiger partial charge in [0.15, 0.2) is 0 Å². The third kappa shape index (κ3) is 5.06. The van der Waals surface area contributed by atoms with E-state index < -0.39 is 0 Å². The molecule has 4 aromatic rings. The molecule has 3 aromatic carbocycles. The molecule has 0 saturated heterocycles. The van der Waals surface area contributed by atoms with E-state index in [1.54, 1.807) is 0 Å². The average Bonchev–Trinajstić information content (AvgIpc) is 3.16. The summed E-state index contributed by atoms with van der Waals surface area (Å²) < 4.78 is 2.16. The minimum atomic E-state index is 0. The van der Waals surface area contributed by atoms with Crippen LogP contribution in [-0.4, -0.2) is 9.55 Å². The minimum Gasteiger partial charge on any atom is -0.330 e. The summed E-state index contributed by atoms with van der Waals surface area (Å²) in [6.45, 7) is 0.765. The van der Waals surface area contributed by atoms with Gasteiger partial charge in [-0.3, -0.25) is 0 Å². The molecule has 0 unspecified atom stereocenters. The molecule has 0 radical (unpaired) electrons. The first-order valence-electron chi connectivity index (χ1n) is 9.04. The van der Waals surface area contributed by atoms with Crippen molar-refractivity contribution in [3.8, 4) is 17.2 Å². The molecule has 144 valence electrons. The topological polar surface area (TPSA) is 41.6 Å².